The fraction of sp³-hybridized carbons (Fsp3) is 0.650. The molecule has 5 heteroatoms. The van der Waals surface area contributed by atoms with Gasteiger partial charge >= 0.3 is 0 Å². The Hall–Kier alpha value is -1.43. The Kier molecular flexibility index (Phi) is 6.10. The van der Waals surface area contributed by atoms with E-state index in [2.05, 4.69) is 18.7 Å². The van der Waals surface area contributed by atoms with Crippen molar-refractivity contribution in [1.82, 2.24) is 9.80 Å². The fourth-order valence-corrected chi connectivity index (χ4v) is 4.08. The highest BCUT2D eigenvalue weighted by Crippen LogP contribution is 2.22. The van der Waals surface area contributed by atoms with Gasteiger partial charge in [0.2, 0.25) is 0 Å². The molecule has 2 N–H and O–H groups in total. The Labute approximate surface area is 151 Å². The minimum absolute atomic E-state index is 0.149. The van der Waals surface area contributed by atoms with E-state index in [4.69, 9.17) is 10.5 Å². The van der Waals surface area contributed by atoms with Crippen LogP contribution in [0.15, 0.2) is 24.3 Å². The lowest BCUT2D eigenvalue weighted by molar-refractivity contribution is -0.0728. The summed E-state index contributed by atoms with van der Waals surface area (Å²) < 4.78 is 5.82. The first-order chi connectivity index (χ1) is 12.0. The Balaban J connectivity index is 1.48. The summed E-state index contributed by atoms with van der Waals surface area (Å²) in [5.74, 6) is 0.830. The van der Waals surface area contributed by atoms with Gasteiger partial charge in [0.15, 0.2) is 0 Å². The van der Waals surface area contributed by atoms with Gasteiger partial charge in [-0.05, 0) is 50.3 Å². The standard InChI is InChI=1S/C20H31N3O2/c1-15-12-22(13-16(2)25-15)14-18-7-9-23(10-8-18)20(24)19-5-3-17(11-21)4-6-19/h3-6,15-16,18H,7-14,21H2,1-2H3. The van der Waals surface area contributed by atoms with Crippen molar-refractivity contribution >= 4 is 5.91 Å². The molecule has 0 radical (unpaired) electrons. The SMILES string of the molecule is CC1CN(CC2CCN(C(=O)c3ccc(CN)cc3)CC2)CC(C)O1. The summed E-state index contributed by atoms with van der Waals surface area (Å²) in [6.07, 6.45) is 2.82. The normalized spacial score (nSPS) is 26.0. The van der Waals surface area contributed by atoms with E-state index in [1.54, 1.807) is 0 Å². The molecule has 0 aliphatic carbocycles. The van der Waals surface area contributed by atoms with E-state index >= 15 is 0 Å². The predicted molar refractivity (Wildman–Crippen MR) is 99.4 cm³/mol. The van der Waals surface area contributed by atoms with E-state index in [1.807, 2.05) is 29.2 Å². The molecule has 0 spiro atoms. The maximum atomic E-state index is 12.6. The largest absolute Gasteiger partial charge is 0.373 e. The second kappa shape index (κ2) is 8.30. The molecule has 1 aromatic carbocycles. The molecule has 0 aromatic heterocycles. The first-order valence-electron chi connectivity index (χ1n) is 9.51. The topological polar surface area (TPSA) is 58.8 Å². The quantitative estimate of drug-likeness (QED) is 0.908. The summed E-state index contributed by atoms with van der Waals surface area (Å²) in [5.41, 5.74) is 7.45. The molecule has 0 bridgehead atoms. The van der Waals surface area contributed by atoms with Crippen molar-refractivity contribution in [2.45, 2.75) is 45.4 Å². The number of ether oxygens (including phenoxy) is 1. The minimum Gasteiger partial charge on any atom is -0.373 e. The zero-order valence-electron chi connectivity index (χ0n) is 15.5. The molecule has 2 unspecified atom stereocenters. The number of benzene rings is 1. The van der Waals surface area contributed by atoms with Crippen LogP contribution in [0.3, 0.4) is 0 Å². The molecule has 2 fully saturated rings. The van der Waals surface area contributed by atoms with Crippen molar-refractivity contribution in [2.75, 3.05) is 32.7 Å². The van der Waals surface area contributed by atoms with E-state index in [1.165, 1.54) is 0 Å². The number of amides is 1. The molecular formula is C20H31N3O2. The third kappa shape index (κ3) is 4.81. The van der Waals surface area contributed by atoms with Gasteiger partial charge in [0.05, 0.1) is 12.2 Å². The molecule has 2 heterocycles. The number of carbonyl (C=O) groups excluding carboxylic acids is 1. The van der Waals surface area contributed by atoms with Gasteiger partial charge in [-0.15, -0.1) is 0 Å². The van der Waals surface area contributed by atoms with Crippen molar-refractivity contribution < 1.29 is 9.53 Å². The van der Waals surface area contributed by atoms with Crippen LogP contribution in [0.1, 0.15) is 42.6 Å². The molecule has 2 atom stereocenters. The number of carbonyl (C=O) groups is 1. The van der Waals surface area contributed by atoms with Gasteiger partial charge in [-0.1, -0.05) is 12.1 Å². The van der Waals surface area contributed by atoms with Crippen LogP contribution in [0.5, 0.6) is 0 Å². The van der Waals surface area contributed by atoms with Gasteiger partial charge in [0, 0.05) is 44.8 Å². The average Bonchev–Trinajstić information content (AvgIpc) is 2.61. The Morgan fingerprint density at radius 1 is 1.12 bits per heavy atom. The number of morpholine rings is 1. The number of hydrogen-bond donors (Lipinski definition) is 1. The van der Waals surface area contributed by atoms with Crippen molar-refractivity contribution in [1.29, 1.82) is 0 Å². The molecule has 5 nitrogen and oxygen atoms in total. The third-order valence-electron chi connectivity index (χ3n) is 5.35. The lowest BCUT2D eigenvalue weighted by Crippen LogP contribution is -2.48. The summed E-state index contributed by atoms with van der Waals surface area (Å²) in [7, 11) is 0. The summed E-state index contributed by atoms with van der Waals surface area (Å²) in [6.45, 7) is 9.72. The van der Waals surface area contributed by atoms with Crippen LogP contribution in [0.4, 0.5) is 0 Å². The molecule has 2 saturated heterocycles. The highest BCUT2D eigenvalue weighted by atomic mass is 16.5. The van der Waals surface area contributed by atoms with E-state index in [9.17, 15) is 4.79 Å². The fourth-order valence-electron chi connectivity index (χ4n) is 4.08. The molecule has 1 amide bonds. The van der Waals surface area contributed by atoms with Gasteiger partial charge < -0.3 is 15.4 Å². The second-order valence-electron chi connectivity index (χ2n) is 7.61. The van der Waals surface area contributed by atoms with E-state index in [0.29, 0.717) is 24.7 Å². The molecule has 1 aromatic rings. The monoisotopic (exact) mass is 345 g/mol. The maximum Gasteiger partial charge on any atom is 0.253 e. The van der Waals surface area contributed by atoms with Crippen LogP contribution in [0, 0.1) is 5.92 Å². The van der Waals surface area contributed by atoms with Crippen molar-refractivity contribution in [2.24, 2.45) is 11.7 Å². The maximum absolute atomic E-state index is 12.6. The first-order valence-corrected chi connectivity index (χ1v) is 9.51. The molecule has 2 aliphatic heterocycles. The molecule has 138 valence electrons. The van der Waals surface area contributed by atoms with E-state index in [-0.39, 0.29) is 5.91 Å². The van der Waals surface area contributed by atoms with Crippen molar-refractivity contribution in [3.63, 3.8) is 0 Å². The van der Waals surface area contributed by atoms with E-state index < -0.39 is 0 Å². The lowest BCUT2D eigenvalue weighted by Gasteiger charge is -2.39. The summed E-state index contributed by atoms with van der Waals surface area (Å²) in [4.78, 5) is 17.2. The Bertz CT molecular complexity index is 557. The smallest absolute Gasteiger partial charge is 0.253 e. The number of piperidine rings is 1. The van der Waals surface area contributed by atoms with Crippen LogP contribution >= 0.6 is 0 Å². The van der Waals surface area contributed by atoms with E-state index in [0.717, 1.165) is 56.7 Å². The Morgan fingerprint density at radius 3 is 2.28 bits per heavy atom. The number of hydrogen-bond acceptors (Lipinski definition) is 4. The minimum atomic E-state index is 0.149. The molecule has 2 aliphatic rings. The Morgan fingerprint density at radius 2 is 1.72 bits per heavy atom. The molecule has 0 saturated carbocycles. The van der Waals surface area contributed by atoms with Gasteiger partial charge in [0.25, 0.3) is 5.91 Å². The lowest BCUT2D eigenvalue weighted by atomic mass is 9.95. The summed E-state index contributed by atoms with van der Waals surface area (Å²) >= 11 is 0. The summed E-state index contributed by atoms with van der Waals surface area (Å²) in [6, 6.07) is 7.68. The van der Waals surface area contributed by atoms with Crippen LogP contribution in [-0.4, -0.2) is 60.6 Å². The van der Waals surface area contributed by atoms with Gasteiger partial charge in [0.1, 0.15) is 0 Å². The number of rotatable bonds is 4. The molecule has 25 heavy (non-hydrogen) atoms. The number of nitrogens with zero attached hydrogens (tertiary/aromatic N) is 2. The van der Waals surface area contributed by atoms with Crippen LogP contribution in [-0.2, 0) is 11.3 Å². The highest BCUT2D eigenvalue weighted by molar-refractivity contribution is 5.94. The van der Waals surface area contributed by atoms with Crippen LogP contribution in [0.2, 0.25) is 0 Å². The first kappa shape index (κ1) is 18.4. The number of nitrogens with two attached hydrogens (primary N) is 1. The molecule has 3 rings (SSSR count). The average molecular weight is 345 g/mol. The van der Waals surface area contributed by atoms with Crippen LogP contribution < -0.4 is 5.73 Å². The zero-order chi connectivity index (χ0) is 17.8. The second-order valence-corrected chi connectivity index (χ2v) is 7.61. The van der Waals surface area contributed by atoms with Gasteiger partial charge in [-0.2, -0.15) is 0 Å². The predicted octanol–water partition coefficient (Wildman–Crippen LogP) is 2.11. The summed E-state index contributed by atoms with van der Waals surface area (Å²) in [5, 5.41) is 0. The third-order valence-corrected chi connectivity index (χ3v) is 5.35. The van der Waals surface area contributed by atoms with Gasteiger partial charge in [-0.3, -0.25) is 9.69 Å². The van der Waals surface area contributed by atoms with Crippen LogP contribution in [0.25, 0.3) is 0 Å². The number of likely N-dealkylation sites (tertiary alicyclic amines) is 1. The van der Waals surface area contributed by atoms with Gasteiger partial charge in [-0.25, -0.2) is 0 Å². The van der Waals surface area contributed by atoms with Crippen molar-refractivity contribution in [3.8, 4) is 0 Å². The van der Waals surface area contributed by atoms with Crippen molar-refractivity contribution in [3.05, 3.63) is 35.4 Å². The zero-order valence-corrected chi connectivity index (χ0v) is 15.5. The molecular weight excluding hydrogens is 314 g/mol. The highest BCUT2D eigenvalue weighted by Gasteiger charge is 2.28.